The number of thiazole rings is 1. The number of nitrogens with one attached hydrogen (secondary N) is 2. The summed E-state index contributed by atoms with van der Waals surface area (Å²) >= 11 is 0.521. The molecule has 0 spiro atoms. The minimum Gasteiger partial charge on any atom is -0.389 e. The van der Waals surface area contributed by atoms with E-state index in [4.69, 9.17) is 0 Å². The highest BCUT2D eigenvalue weighted by atomic mass is 32.1. The predicted molar refractivity (Wildman–Crippen MR) is 128 cm³/mol. The lowest BCUT2D eigenvalue weighted by Crippen LogP contribution is -2.38. The number of hydrogen-bond donors (Lipinski definition) is 3. The molecule has 2 aromatic rings. The van der Waals surface area contributed by atoms with Gasteiger partial charge >= 0.3 is 12.4 Å². The minimum atomic E-state index is -5.04. The van der Waals surface area contributed by atoms with Gasteiger partial charge in [-0.05, 0) is 46.6 Å². The first-order valence-electron chi connectivity index (χ1n) is 11.6. The third-order valence-corrected chi connectivity index (χ3v) is 6.92. The number of likely N-dealkylation sites (tertiary alicyclic amines) is 1. The molecule has 8 nitrogen and oxygen atoms in total. The molecule has 1 fully saturated rings. The Morgan fingerprint density at radius 1 is 1.24 bits per heavy atom. The zero-order chi connectivity index (χ0) is 28.6. The van der Waals surface area contributed by atoms with Crippen LogP contribution >= 0.6 is 11.3 Å². The van der Waals surface area contributed by atoms with Crippen LogP contribution < -0.4 is 10.6 Å². The monoisotopic (exact) mass is 567 g/mol. The number of amides is 2. The Labute approximate surface area is 218 Å². The predicted octanol–water partition coefficient (Wildman–Crippen LogP) is 4.71. The summed E-state index contributed by atoms with van der Waals surface area (Å²) in [5, 5.41) is 13.9. The van der Waals surface area contributed by atoms with Gasteiger partial charge in [-0.2, -0.15) is 26.3 Å². The molecule has 3 rings (SSSR count). The number of carbonyl (C=O) groups is 2. The van der Waals surface area contributed by atoms with E-state index >= 15 is 0 Å². The number of carbonyl (C=O) groups excluding carboxylic acids is 2. The van der Waals surface area contributed by atoms with Gasteiger partial charge in [0.15, 0.2) is 5.01 Å². The molecule has 0 saturated carbocycles. The fourth-order valence-corrected chi connectivity index (χ4v) is 4.74. The third kappa shape index (κ3) is 6.92. The summed E-state index contributed by atoms with van der Waals surface area (Å²) in [7, 11) is 0. The van der Waals surface area contributed by atoms with Gasteiger partial charge in [0.25, 0.3) is 11.8 Å². The smallest absolute Gasteiger partial charge is 0.389 e. The molecule has 0 bridgehead atoms. The van der Waals surface area contributed by atoms with Crippen molar-refractivity contribution in [3.63, 3.8) is 0 Å². The van der Waals surface area contributed by atoms with Crippen molar-refractivity contribution in [2.75, 3.05) is 18.4 Å². The van der Waals surface area contributed by atoms with Gasteiger partial charge in [-0.3, -0.25) is 9.59 Å². The topological polar surface area (TPSA) is 107 Å². The van der Waals surface area contributed by atoms with Gasteiger partial charge in [0.2, 0.25) is 0 Å². The largest absolute Gasteiger partial charge is 0.417 e. The highest BCUT2D eigenvalue weighted by Crippen LogP contribution is 2.42. The van der Waals surface area contributed by atoms with Gasteiger partial charge in [0, 0.05) is 30.9 Å². The molecule has 2 atom stereocenters. The van der Waals surface area contributed by atoms with Crippen molar-refractivity contribution >= 4 is 29.0 Å². The lowest BCUT2D eigenvalue weighted by atomic mass is 10.1. The van der Waals surface area contributed by atoms with Crippen LogP contribution in [0.2, 0.25) is 0 Å². The summed E-state index contributed by atoms with van der Waals surface area (Å²) in [6.45, 7) is 5.53. The first-order valence-corrected chi connectivity index (χ1v) is 12.4. The van der Waals surface area contributed by atoms with E-state index < -0.39 is 58.4 Å². The summed E-state index contributed by atoms with van der Waals surface area (Å²) in [4.78, 5) is 35.0. The second-order valence-electron chi connectivity index (χ2n) is 9.70. The van der Waals surface area contributed by atoms with Crippen LogP contribution in [0.15, 0.2) is 12.3 Å². The van der Waals surface area contributed by atoms with Crippen LogP contribution in [-0.4, -0.2) is 68.7 Å². The van der Waals surface area contributed by atoms with Gasteiger partial charge < -0.3 is 20.6 Å². The van der Waals surface area contributed by atoms with Crippen LogP contribution in [0.5, 0.6) is 0 Å². The number of anilines is 1. The number of hydrogen-bond acceptors (Lipinski definition) is 7. The van der Waals surface area contributed by atoms with Gasteiger partial charge in [0.05, 0.1) is 16.0 Å². The summed E-state index contributed by atoms with van der Waals surface area (Å²) < 4.78 is 81.1. The number of aromatic nitrogens is 2. The van der Waals surface area contributed by atoms with Crippen LogP contribution in [0.25, 0.3) is 10.4 Å². The van der Waals surface area contributed by atoms with E-state index in [0.29, 0.717) is 43.0 Å². The van der Waals surface area contributed by atoms with Crippen molar-refractivity contribution in [3.05, 3.63) is 28.5 Å². The van der Waals surface area contributed by atoms with Crippen molar-refractivity contribution in [3.8, 4) is 10.4 Å². The molecule has 2 aromatic heterocycles. The zero-order valence-electron chi connectivity index (χ0n) is 20.9. The first kappa shape index (κ1) is 29.6. The van der Waals surface area contributed by atoms with Crippen LogP contribution in [-0.2, 0) is 6.18 Å². The molecule has 1 aliphatic heterocycles. The quantitative estimate of drug-likeness (QED) is 0.419. The van der Waals surface area contributed by atoms with Gasteiger partial charge in [0.1, 0.15) is 17.6 Å². The lowest BCUT2D eigenvalue weighted by molar-refractivity contribution is -0.138. The highest BCUT2D eigenvalue weighted by molar-refractivity contribution is 7.17. The number of nitrogens with zero attached hydrogens (tertiary/aromatic N) is 3. The van der Waals surface area contributed by atoms with Crippen LogP contribution in [0.1, 0.15) is 66.4 Å². The zero-order valence-corrected chi connectivity index (χ0v) is 21.7. The van der Waals surface area contributed by atoms with E-state index in [0.717, 1.165) is 6.92 Å². The van der Waals surface area contributed by atoms with Crippen LogP contribution in [0, 0.1) is 0 Å². The molecule has 0 aliphatic carbocycles. The molecule has 210 valence electrons. The molecule has 1 saturated heterocycles. The Balaban J connectivity index is 2.12. The number of pyridine rings is 1. The summed E-state index contributed by atoms with van der Waals surface area (Å²) in [5.74, 6) is -2.16. The normalized spacial score (nSPS) is 17.4. The average molecular weight is 568 g/mol. The number of aliphatic hydroxyl groups is 1. The lowest BCUT2D eigenvalue weighted by Gasteiger charge is -2.22. The third-order valence-electron chi connectivity index (χ3n) is 5.83. The van der Waals surface area contributed by atoms with E-state index in [1.165, 1.54) is 18.7 Å². The fourth-order valence-electron chi connectivity index (χ4n) is 3.74. The van der Waals surface area contributed by atoms with Gasteiger partial charge in [-0.25, -0.2) is 9.97 Å². The van der Waals surface area contributed by atoms with Crippen molar-refractivity contribution in [1.29, 1.82) is 0 Å². The Bertz CT molecular complexity index is 1190. The van der Waals surface area contributed by atoms with E-state index in [1.807, 2.05) is 5.32 Å². The van der Waals surface area contributed by atoms with Crippen LogP contribution in [0.3, 0.4) is 0 Å². The fraction of sp³-hybridized carbons (Fsp3) is 0.565. The first-order chi connectivity index (χ1) is 17.4. The maximum atomic E-state index is 14.1. The number of alkyl halides is 6. The number of rotatable bonds is 7. The van der Waals surface area contributed by atoms with E-state index in [-0.39, 0.29) is 22.5 Å². The van der Waals surface area contributed by atoms with Gasteiger partial charge in [-0.15, -0.1) is 11.3 Å². The summed E-state index contributed by atoms with van der Waals surface area (Å²) in [6.07, 6.45) is -7.70. The molecule has 1 unspecified atom stereocenters. The Hall–Kier alpha value is -2.94. The second-order valence-corrected chi connectivity index (χ2v) is 10.7. The molecule has 0 radical (unpaired) electrons. The SMILES string of the molecule is CC(Nc1cc(C(F)(F)F)c(-c2sc(C(=O)NCC(C)(C)O)nc2C(=O)N2CCC[C@@H]2C)cn1)C(F)(F)F. The molecular formula is C23H27F6N5O3S. The Morgan fingerprint density at radius 3 is 2.42 bits per heavy atom. The highest BCUT2D eigenvalue weighted by Gasteiger charge is 2.40. The van der Waals surface area contributed by atoms with E-state index in [9.17, 15) is 41.0 Å². The summed E-state index contributed by atoms with van der Waals surface area (Å²) in [5.41, 5.74) is -3.63. The van der Waals surface area contributed by atoms with E-state index in [1.54, 1.807) is 6.92 Å². The molecular weight excluding hydrogens is 540 g/mol. The molecule has 38 heavy (non-hydrogen) atoms. The molecule has 1 aliphatic rings. The molecule has 3 N–H and O–H groups in total. The average Bonchev–Trinajstić information content (AvgIpc) is 3.42. The second kappa shape index (κ2) is 10.7. The molecule has 0 aromatic carbocycles. The van der Waals surface area contributed by atoms with Crippen molar-refractivity contribution < 1.29 is 41.0 Å². The maximum absolute atomic E-state index is 14.1. The standard InChI is InChI=1S/C23H27F6N5O3S/c1-11-6-5-7-34(11)20(36)16-17(38-19(33-16)18(35)31-10-21(3,4)37)13-9-30-15(8-14(13)23(27,28)29)32-12(2)22(24,25)26/h8-9,11-12,37H,5-7,10H2,1-4H3,(H,30,32)(H,31,35)/t11-,12?/m0/s1. The van der Waals surface area contributed by atoms with E-state index in [2.05, 4.69) is 15.3 Å². The van der Waals surface area contributed by atoms with Crippen molar-refractivity contribution in [1.82, 2.24) is 20.2 Å². The Morgan fingerprint density at radius 2 is 1.89 bits per heavy atom. The maximum Gasteiger partial charge on any atom is 0.417 e. The summed E-state index contributed by atoms with van der Waals surface area (Å²) in [6, 6.07) is -1.96. The Kier molecular flexibility index (Phi) is 8.32. The van der Waals surface area contributed by atoms with Gasteiger partial charge in [-0.1, -0.05) is 0 Å². The minimum absolute atomic E-state index is 0.194. The molecule has 15 heteroatoms. The van der Waals surface area contributed by atoms with Crippen molar-refractivity contribution in [2.24, 2.45) is 0 Å². The molecule has 3 heterocycles. The van der Waals surface area contributed by atoms with Crippen LogP contribution in [0.4, 0.5) is 32.2 Å². The molecule has 2 amide bonds. The number of halogens is 6. The van der Waals surface area contributed by atoms with Crippen molar-refractivity contribution in [2.45, 2.75) is 70.6 Å².